The number of benzene rings is 2. The van der Waals surface area contributed by atoms with Gasteiger partial charge in [0.1, 0.15) is 4.87 Å². The van der Waals surface area contributed by atoms with Crippen LogP contribution in [0.1, 0.15) is 13.8 Å². The molecule has 0 aliphatic carbocycles. The van der Waals surface area contributed by atoms with Gasteiger partial charge in [-0.05, 0) is 31.2 Å². The highest BCUT2D eigenvalue weighted by Crippen LogP contribution is 2.35. The Bertz CT molecular complexity index is 720. The maximum atomic E-state index is 12.5. The number of alkyl halides is 1. The molecule has 24 heavy (non-hydrogen) atoms. The first-order valence-corrected chi connectivity index (χ1v) is 8.53. The molecule has 2 rings (SSSR count). The molecule has 2 aromatic carbocycles. The molecule has 0 aliphatic rings. The smallest absolute Gasteiger partial charge is 0.269 e. The number of amides is 1. The van der Waals surface area contributed by atoms with E-state index >= 15 is 0 Å². The second kappa shape index (κ2) is 7.68. The average molecular weight is 365 g/mol. The normalized spacial score (nSPS) is 14.5. The van der Waals surface area contributed by atoms with Crippen molar-refractivity contribution in [3.63, 3.8) is 0 Å². The third kappa shape index (κ3) is 4.49. The number of rotatable bonds is 6. The van der Waals surface area contributed by atoms with Gasteiger partial charge in [0.2, 0.25) is 5.91 Å². The Hall–Kier alpha value is -2.05. The Labute approximate surface area is 149 Å². The van der Waals surface area contributed by atoms with Crippen molar-refractivity contribution in [1.29, 1.82) is 0 Å². The van der Waals surface area contributed by atoms with Crippen LogP contribution in [-0.4, -0.2) is 21.0 Å². The summed E-state index contributed by atoms with van der Waals surface area (Å²) in [5, 5.41) is 13.2. The van der Waals surface area contributed by atoms with E-state index in [1.165, 1.54) is 36.0 Å². The number of halogens is 1. The molecule has 5 nitrogen and oxygen atoms in total. The summed E-state index contributed by atoms with van der Waals surface area (Å²) in [6.07, 6.45) is 0. The van der Waals surface area contributed by atoms with Crippen LogP contribution in [0.3, 0.4) is 0 Å². The van der Waals surface area contributed by atoms with Crippen molar-refractivity contribution in [2.24, 2.45) is 0 Å². The molecule has 126 valence electrons. The Morgan fingerprint density at radius 2 is 1.79 bits per heavy atom. The fourth-order valence-corrected chi connectivity index (χ4v) is 3.15. The molecule has 0 aromatic heterocycles. The highest BCUT2D eigenvalue weighted by atomic mass is 35.5. The summed E-state index contributed by atoms with van der Waals surface area (Å²) in [7, 11) is 0. The van der Waals surface area contributed by atoms with E-state index in [2.05, 4.69) is 5.32 Å². The Morgan fingerprint density at radius 3 is 2.33 bits per heavy atom. The fourth-order valence-electron chi connectivity index (χ4n) is 1.92. The third-order valence-electron chi connectivity index (χ3n) is 3.60. The highest BCUT2D eigenvalue weighted by molar-refractivity contribution is 8.00. The molecule has 0 heterocycles. The molecule has 7 heteroatoms. The van der Waals surface area contributed by atoms with E-state index in [-0.39, 0.29) is 16.8 Å². The Morgan fingerprint density at radius 1 is 1.21 bits per heavy atom. The second-order valence-electron chi connectivity index (χ2n) is 5.41. The number of hydrogen-bond acceptors (Lipinski definition) is 4. The molecular weight excluding hydrogens is 348 g/mol. The SMILES string of the molecule is CC(Sc1ccccc1)C(C)(Cl)C(=O)Nc1ccc([N+](=O)[O-])cc1. The van der Waals surface area contributed by atoms with E-state index in [0.717, 1.165) is 4.90 Å². The lowest BCUT2D eigenvalue weighted by Crippen LogP contribution is -2.42. The summed E-state index contributed by atoms with van der Waals surface area (Å²) >= 11 is 7.99. The van der Waals surface area contributed by atoms with E-state index in [9.17, 15) is 14.9 Å². The molecule has 0 saturated carbocycles. The van der Waals surface area contributed by atoms with Gasteiger partial charge < -0.3 is 5.32 Å². The van der Waals surface area contributed by atoms with Gasteiger partial charge in [-0.3, -0.25) is 14.9 Å². The molecule has 0 saturated heterocycles. The fraction of sp³-hybridized carbons (Fsp3) is 0.235. The van der Waals surface area contributed by atoms with Crippen molar-refractivity contribution in [2.45, 2.75) is 28.9 Å². The van der Waals surface area contributed by atoms with Crippen molar-refractivity contribution in [3.05, 3.63) is 64.7 Å². The summed E-state index contributed by atoms with van der Waals surface area (Å²) in [5.41, 5.74) is 0.434. The van der Waals surface area contributed by atoms with Crippen LogP contribution in [0.15, 0.2) is 59.5 Å². The molecule has 1 N–H and O–H groups in total. The minimum Gasteiger partial charge on any atom is -0.325 e. The van der Waals surface area contributed by atoms with Crippen LogP contribution in [0.5, 0.6) is 0 Å². The topological polar surface area (TPSA) is 72.2 Å². The summed E-state index contributed by atoms with van der Waals surface area (Å²) in [4.78, 5) is 22.5. The predicted octanol–water partition coefficient (Wildman–Crippen LogP) is 4.71. The molecule has 1 amide bonds. The van der Waals surface area contributed by atoms with Gasteiger partial charge in [-0.2, -0.15) is 0 Å². The summed E-state index contributed by atoms with van der Waals surface area (Å²) < 4.78 is 0. The van der Waals surface area contributed by atoms with Gasteiger partial charge in [0.25, 0.3) is 5.69 Å². The maximum Gasteiger partial charge on any atom is 0.269 e. The number of thioether (sulfide) groups is 1. The minimum atomic E-state index is -1.14. The molecule has 2 unspecified atom stereocenters. The van der Waals surface area contributed by atoms with Gasteiger partial charge in [-0.25, -0.2) is 0 Å². The number of nitro benzene ring substituents is 1. The van der Waals surface area contributed by atoms with Gasteiger partial charge in [0.05, 0.1) is 4.92 Å². The van der Waals surface area contributed by atoms with Crippen molar-refractivity contribution < 1.29 is 9.72 Å². The van der Waals surface area contributed by atoms with Crippen LogP contribution in [0, 0.1) is 10.1 Å². The Balaban J connectivity index is 2.04. The predicted molar refractivity (Wildman–Crippen MR) is 97.7 cm³/mol. The molecule has 0 bridgehead atoms. The van der Waals surface area contributed by atoms with Crippen LogP contribution >= 0.6 is 23.4 Å². The first kappa shape index (κ1) is 18.3. The summed E-state index contributed by atoms with van der Waals surface area (Å²) in [5.74, 6) is -0.353. The number of hydrogen-bond donors (Lipinski definition) is 1. The van der Waals surface area contributed by atoms with Gasteiger partial charge in [0, 0.05) is 28.0 Å². The van der Waals surface area contributed by atoms with Crippen LogP contribution in [0.4, 0.5) is 11.4 Å². The first-order chi connectivity index (χ1) is 11.3. The van der Waals surface area contributed by atoms with Crippen molar-refractivity contribution in [3.8, 4) is 0 Å². The van der Waals surface area contributed by atoms with E-state index in [1.54, 1.807) is 6.92 Å². The van der Waals surface area contributed by atoms with Crippen molar-refractivity contribution >= 4 is 40.6 Å². The van der Waals surface area contributed by atoms with Gasteiger partial charge >= 0.3 is 0 Å². The van der Waals surface area contributed by atoms with Crippen molar-refractivity contribution in [1.82, 2.24) is 0 Å². The van der Waals surface area contributed by atoms with Crippen LogP contribution in [0.2, 0.25) is 0 Å². The lowest BCUT2D eigenvalue weighted by molar-refractivity contribution is -0.384. The highest BCUT2D eigenvalue weighted by Gasteiger charge is 2.37. The minimum absolute atomic E-state index is 0.0327. The number of nitro groups is 1. The van der Waals surface area contributed by atoms with Crippen LogP contribution in [0.25, 0.3) is 0 Å². The van der Waals surface area contributed by atoms with Gasteiger partial charge in [0.15, 0.2) is 0 Å². The molecule has 0 fully saturated rings. The average Bonchev–Trinajstić information content (AvgIpc) is 2.56. The lowest BCUT2D eigenvalue weighted by atomic mass is 10.1. The Kier molecular flexibility index (Phi) is 5.85. The van der Waals surface area contributed by atoms with Gasteiger partial charge in [-0.15, -0.1) is 23.4 Å². The largest absolute Gasteiger partial charge is 0.325 e. The standard InChI is InChI=1S/C17H17ClN2O3S/c1-12(24-15-6-4-3-5-7-15)17(2,18)16(21)19-13-8-10-14(11-9-13)20(22)23/h3-12H,1-2H3,(H,19,21). The second-order valence-corrected chi connectivity index (χ2v) is 7.61. The number of nitrogens with one attached hydrogen (secondary N) is 1. The van der Waals surface area contributed by atoms with Crippen LogP contribution in [-0.2, 0) is 4.79 Å². The van der Waals surface area contributed by atoms with E-state index < -0.39 is 9.80 Å². The molecule has 0 aliphatic heterocycles. The number of non-ortho nitro benzene ring substituents is 1. The zero-order chi connectivity index (χ0) is 17.7. The van der Waals surface area contributed by atoms with E-state index in [1.807, 2.05) is 37.3 Å². The summed E-state index contributed by atoms with van der Waals surface area (Å²) in [6.45, 7) is 3.55. The van der Waals surface area contributed by atoms with E-state index in [0.29, 0.717) is 5.69 Å². The lowest BCUT2D eigenvalue weighted by Gasteiger charge is -2.27. The van der Waals surface area contributed by atoms with E-state index in [4.69, 9.17) is 11.6 Å². The number of carbonyl (C=O) groups is 1. The number of anilines is 1. The number of carbonyl (C=O) groups excluding carboxylic acids is 1. The zero-order valence-corrected chi connectivity index (χ0v) is 14.8. The molecular formula is C17H17ClN2O3S. The van der Waals surface area contributed by atoms with Crippen LogP contribution < -0.4 is 5.32 Å². The third-order valence-corrected chi connectivity index (χ3v) is 5.60. The quantitative estimate of drug-likeness (QED) is 0.348. The molecule has 0 spiro atoms. The molecule has 2 aromatic rings. The van der Waals surface area contributed by atoms with Gasteiger partial charge in [-0.1, -0.05) is 25.1 Å². The van der Waals surface area contributed by atoms with Crippen molar-refractivity contribution in [2.75, 3.05) is 5.32 Å². The maximum absolute atomic E-state index is 12.5. The molecule has 0 radical (unpaired) electrons. The number of nitrogens with zero attached hydrogens (tertiary/aromatic N) is 1. The first-order valence-electron chi connectivity index (χ1n) is 7.27. The molecule has 2 atom stereocenters. The monoisotopic (exact) mass is 364 g/mol. The summed E-state index contributed by atoms with van der Waals surface area (Å²) in [6, 6.07) is 15.3. The zero-order valence-electron chi connectivity index (χ0n) is 13.2.